The van der Waals surface area contributed by atoms with Gasteiger partial charge in [0.15, 0.2) is 0 Å². The summed E-state index contributed by atoms with van der Waals surface area (Å²) in [5, 5.41) is 2.80. The highest BCUT2D eigenvalue weighted by Gasteiger charge is 2.10. The van der Waals surface area contributed by atoms with Crippen LogP contribution in [0.3, 0.4) is 0 Å². The summed E-state index contributed by atoms with van der Waals surface area (Å²) in [5.74, 6) is -0.568. The summed E-state index contributed by atoms with van der Waals surface area (Å²) in [7, 11) is 1.94. The van der Waals surface area contributed by atoms with Crippen molar-refractivity contribution in [2.45, 2.75) is 6.54 Å². The molecule has 5 heteroatoms. The number of hydrogen-bond acceptors (Lipinski definition) is 3. The zero-order valence-electron chi connectivity index (χ0n) is 13.8. The second-order valence-corrected chi connectivity index (χ2v) is 5.60. The van der Waals surface area contributed by atoms with E-state index in [-0.39, 0.29) is 11.7 Å². The molecule has 0 radical (unpaired) electrons. The molecule has 0 spiro atoms. The molecule has 126 valence electrons. The number of benzene rings is 2. The molecule has 3 aromatic rings. The van der Waals surface area contributed by atoms with E-state index in [0.717, 1.165) is 16.9 Å². The second kappa shape index (κ2) is 7.57. The number of pyridine rings is 1. The Hall–Kier alpha value is -3.21. The Labute approximate surface area is 145 Å². The fourth-order valence-corrected chi connectivity index (χ4v) is 2.43. The van der Waals surface area contributed by atoms with Crippen molar-refractivity contribution in [2.75, 3.05) is 11.9 Å². The van der Waals surface area contributed by atoms with Gasteiger partial charge in [-0.05, 0) is 42.0 Å². The molecular weight excluding hydrogens is 317 g/mol. The van der Waals surface area contributed by atoms with Gasteiger partial charge < -0.3 is 10.2 Å². The lowest BCUT2D eigenvalue weighted by atomic mass is 10.2. The topological polar surface area (TPSA) is 45.2 Å². The van der Waals surface area contributed by atoms with Crippen LogP contribution < -0.4 is 10.2 Å². The molecule has 0 saturated carbocycles. The number of halogens is 1. The van der Waals surface area contributed by atoms with Crippen molar-refractivity contribution in [3.8, 4) is 0 Å². The maximum Gasteiger partial charge on any atom is 0.270 e. The van der Waals surface area contributed by atoms with Crippen LogP contribution in [0.15, 0.2) is 72.9 Å². The number of para-hydroxylation sites is 1. The molecule has 0 fully saturated rings. The second-order valence-electron chi connectivity index (χ2n) is 5.60. The van der Waals surface area contributed by atoms with Crippen LogP contribution in [0.1, 0.15) is 16.1 Å². The maximum atomic E-state index is 12.9. The number of aromatic nitrogens is 1. The van der Waals surface area contributed by atoms with Crippen LogP contribution in [0.25, 0.3) is 0 Å². The van der Waals surface area contributed by atoms with Crippen LogP contribution in [0.4, 0.5) is 15.8 Å². The first kappa shape index (κ1) is 16.6. The van der Waals surface area contributed by atoms with E-state index in [9.17, 15) is 9.18 Å². The van der Waals surface area contributed by atoms with Crippen LogP contribution >= 0.6 is 0 Å². The number of hydrogen-bond donors (Lipinski definition) is 1. The molecule has 0 unspecified atom stereocenters. The van der Waals surface area contributed by atoms with Crippen molar-refractivity contribution in [2.24, 2.45) is 0 Å². The van der Waals surface area contributed by atoms with Gasteiger partial charge >= 0.3 is 0 Å². The van der Waals surface area contributed by atoms with Gasteiger partial charge in [0, 0.05) is 31.2 Å². The van der Waals surface area contributed by atoms with E-state index >= 15 is 0 Å². The van der Waals surface area contributed by atoms with E-state index in [1.807, 2.05) is 48.3 Å². The van der Waals surface area contributed by atoms with Gasteiger partial charge in [0.2, 0.25) is 0 Å². The molecule has 1 heterocycles. The lowest BCUT2D eigenvalue weighted by Crippen LogP contribution is -2.24. The summed E-state index contributed by atoms with van der Waals surface area (Å²) in [4.78, 5) is 18.5. The predicted molar refractivity (Wildman–Crippen MR) is 96.3 cm³/mol. The summed E-state index contributed by atoms with van der Waals surface area (Å²) in [6, 6.07) is 19.5. The van der Waals surface area contributed by atoms with Gasteiger partial charge in [0.25, 0.3) is 5.91 Å². The molecule has 0 aliphatic rings. The Morgan fingerprint density at radius 3 is 2.48 bits per heavy atom. The Balaban J connectivity index is 1.70. The first-order chi connectivity index (χ1) is 12.1. The lowest BCUT2D eigenvalue weighted by Gasteiger charge is -2.19. The van der Waals surface area contributed by atoms with Crippen molar-refractivity contribution in [3.05, 3.63) is 90.0 Å². The van der Waals surface area contributed by atoms with E-state index < -0.39 is 0 Å². The standard InChI is InChI=1S/C20H18FN3O/c1-24(17-5-3-2-4-6-17)18-11-12-22-19(13-18)20(25)23-14-15-7-9-16(21)10-8-15/h2-13H,14H2,1H3,(H,23,25). The number of amides is 1. The number of carbonyl (C=O) groups excluding carboxylic acids is 1. The monoisotopic (exact) mass is 335 g/mol. The van der Waals surface area contributed by atoms with E-state index in [1.54, 1.807) is 24.4 Å². The molecule has 0 saturated heterocycles. The minimum Gasteiger partial charge on any atom is -0.347 e. The molecule has 0 bridgehead atoms. The smallest absolute Gasteiger partial charge is 0.270 e. The predicted octanol–water partition coefficient (Wildman–Crippen LogP) is 3.92. The van der Waals surface area contributed by atoms with Crippen LogP contribution in [-0.2, 0) is 6.54 Å². The molecule has 0 aliphatic heterocycles. The third kappa shape index (κ3) is 4.20. The molecule has 0 atom stereocenters. The van der Waals surface area contributed by atoms with Crippen LogP contribution in [0, 0.1) is 5.82 Å². The van der Waals surface area contributed by atoms with Crippen LogP contribution in [-0.4, -0.2) is 17.9 Å². The van der Waals surface area contributed by atoms with Crippen molar-refractivity contribution < 1.29 is 9.18 Å². The van der Waals surface area contributed by atoms with Gasteiger partial charge in [-0.15, -0.1) is 0 Å². The SMILES string of the molecule is CN(c1ccccc1)c1ccnc(C(=O)NCc2ccc(F)cc2)c1. The highest BCUT2D eigenvalue weighted by atomic mass is 19.1. The minimum atomic E-state index is -0.298. The van der Waals surface area contributed by atoms with E-state index in [2.05, 4.69) is 10.3 Å². The number of nitrogens with one attached hydrogen (secondary N) is 1. The summed E-state index contributed by atoms with van der Waals surface area (Å²) < 4.78 is 12.9. The van der Waals surface area contributed by atoms with E-state index in [4.69, 9.17) is 0 Å². The van der Waals surface area contributed by atoms with Crippen LogP contribution in [0.2, 0.25) is 0 Å². The van der Waals surface area contributed by atoms with E-state index in [0.29, 0.717) is 12.2 Å². The highest BCUT2D eigenvalue weighted by molar-refractivity contribution is 5.93. The third-order valence-corrected chi connectivity index (χ3v) is 3.87. The first-order valence-corrected chi connectivity index (χ1v) is 7.91. The van der Waals surface area contributed by atoms with Gasteiger partial charge in [-0.3, -0.25) is 9.78 Å². The van der Waals surface area contributed by atoms with Gasteiger partial charge in [0.1, 0.15) is 11.5 Å². The Bertz CT molecular complexity index is 850. The first-order valence-electron chi connectivity index (χ1n) is 7.91. The Kier molecular flexibility index (Phi) is 5.04. The van der Waals surface area contributed by atoms with Crippen molar-refractivity contribution in [1.82, 2.24) is 10.3 Å². The van der Waals surface area contributed by atoms with Gasteiger partial charge in [-0.25, -0.2) is 4.39 Å². The maximum absolute atomic E-state index is 12.9. The summed E-state index contributed by atoms with van der Waals surface area (Å²) in [5.41, 5.74) is 3.05. The number of nitrogens with zero attached hydrogens (tertiary/aromatic N) is 2. The largest absolute Gasteiger partial charge is 0.347 e. The summed E-state index contributed by atoms with van der Waals surface area (Å²) in [6.07, 6.45) is 1.61. The zero-order chi connectivity index (χ0) is 17.6. The minimum absolute atomic E-state index is 0.271. The normalized spacial score (nSPS) is 10.3. The quantitative estimate of drug-likeness (QED) is 0.769. The number of carbonyl (C=O) groups is 1. The third-order valence-electron chi connectivity index (χ3n) is 3.87. The molecule has 25 heavy (non-hydrogen) atoms. The summed E-state index contributed by atoms with van der Waals surface area (Å²) >= 11 is 0. The molecule has 1 aromatic heterocycles. The molecule has 1 amide bonds. The molecule has 1 N–H and O–H groups in total. The molecule has 2 aromatic carbocycles. The number of anilines is 2. The Morgan fingerprint density at radius 2 is 1.76 bits per heavy atom. The molecule has 0 aliphatic carbocycles. The highest BCUT2D eigenvalue weighted by Crippen LogP contribution is 2.23. The average Bonchev–Trinajstić information content (AvgIpc) is 2.67. The fraction of sp³-hybridized carbons (Fsp3) is 0.100. The Morgan fingerprint density at radius 1 is 1.04 bits per heavy atom. The van der Waals surface area contributed by atoms with Crippen molar-refractivity contribution in [1.29, 1.82) is 0 Å². The van der Waals surface area contributed by atoms with Gasteiger partial charge in [-0.1, -0.05) is 30.3 Å². The fourth-order valence-electron chi connectivity index (χ4n) is 2.43. The van der Waals surface area contributed by atoms with Crippen molar-refractivity contribution in [3.63, 3.8) is 0 Å². The van der Waals surface area contributed by atoms with Gasteiger partial charge in [-0.2, -0.15) is 0 Å². The van der Waals surface area contributed by atoms with E-state index in [1.165, 1.54) is 12.1 Å². The average molecular weight is 335 g/mol. The summed E-state index contributed by atoms with van der Waals surface area (Å²) in [6.45, 7) is 0.319. The molecule has 3 rings (SSSR count). The lowest BCUT2D eigenvalue weighted by molar-refractivity contribution is 0.0946. The number of rotatable bonds is 5. The zero-order valence-corrected chi connectivity index (χ0v) is 13.8. The molecular formula is C20H18FN3O. The van der Waals surface area contributed by atoms with Crippen LogP contribution in [0.5, 0.6) is 0 Å². The van der Waals surface area contributed by atoms with Crippen molar-refractivity contribution >= 4 is 17.3 Å². The molecule has 4 nitrogen and oxygen atoms in total. The van der Waals surface area contributed by atoms with Gasteiger partial charge in [0.05, 0.1) is 0 Å².